The molecule has 3 rings (SSSR count). The van der Waals surface area contributed by atoms with Gasteiger partial charge in [0.2, 0.25) is 5.91 Å². The van der Waals surface area contributed by atoms with Crippen molar-refractivity contribution in [1.82, 2.24) is 4.90 Å². The van der Waals surface area contributed by atoms with Gasteiger partial charge in [-0.3, -0.25) is 9.59 Å². The predicted octanol–water partition coefficient (Wildman–Crippen LogP) is 1.88. The number of rotatable bonds is 4. The Kier molecular flexibility index (Phi) is 4.32. The van der Waals surface area contributed by atoms with Gasteiger partial charge in [0.15, 0.2) is 0 Å². The molecule has 1 aromatic carbocycles. The molecule has 0 unspecified atom stereocenters. The van der Waals surface area contributed by atoms with Crippen molar-refractivity contribution in [3.05, 3.63) is 29.3 Å². The standard InChI is InChI=1S/C17H21NO4/c19-16(18-6-3-12(4-7-18)11-17(20)21)10-13-1-2-15-14(9-13)5-8-22-15/h1-2,9,12H,3-8,10-11H2,(H,20,21). The number of piperidine rings is 1. The summed E-state index contributed by atoms with van der Waals surface area (Å²) < 4.78 is 5.47. The summed E-state index contributed by atoms with van der Waals surface area (Å²) in [5.74, 6) is 0.530. The second kappa shape index (κ2) is 6.38. The lowest BCUT2D eigenvalue weighted by Gasteiger charge is -2.31. The van der Waals surface area contributed by atoms with Crippen molar-refractivity contribution in [2.75, 3.05) is 19.7 Å². The molecule has 2 heterocycles. The molecule has 0 aliphatic carbocycles. The Morgan fingerprint density at radius 2 is 2.05 bits per heavy atom. The Morgan fingerprint density at radius 1 is 1.27 bits per heavy atom. The van der Waals surface area contributed by atoms with Crippen molar-refractivity contribution in [3.63, 3.8) is 0 Å². The fourth-order valence-electron chi connectivity index (χ4n) is 3.27. The number of hydrogen-bond acceptors (Lipinski definition) is 3. The molecular weight excluding hydrogens is 282 g/mol. The highest BCUT2D eigenvalue weighted by Gasteiger charge is 2.24. The van der Waals surface area contributed by atoms with E-state index >= 15 is 0 Å². The summed E-state index contributed by atoms with van der Waals surface area (Å²) in [6.45, 7) is 2.07. The third kappa shape index (κ3) is 3.40. The number of carbonyl (C=O) groups is 2. The zero-order chi connectivity index (χ0) is 15.5. The van der Waals surface area contributed by atoms with Gasteiger partial charge in [0, 0.05) is 25.9 Å². The fraction of sp³-hybridized carbons (Fsp3) is 0.529. The average molecular weight is 303 g/mol. The smallest absolute Gasteiger partial charge is 0.303 e. The third-order valence-corrected chi connectivity index (χ3v) is 4.54. The Morgan fingerprint density at radius 3 is 2.77 bits per heavy atom. The summed E-state index contributed by atoms with van der Waals surface area (Å²) in [5.41, 5.74) is 2.22. The Labute approximate surface area is 129 Å². The van der Waals surface area contributed by atoms with Crippen molar-refractivity contribution in [2.45, 2.75) is 32.1 Å². The number of carbonyl (C=O) groups excluding carboxylic acids is 1. The molecule has 1 saturated heterocycles. The molecule has 1 aromatic rings. The summed E-state index contributed by atoms with van der Waals surface area (Å²) in [7, 11) is 0. The molecule has 5 nitrogen and oxygen atoms in total. The molecule has 0 atom stereocenters. The summed E-state index contributed by atoms with van der Waals surface area (Å²) in [5, 5.41) is 8.82. The average Bonchev–Trinajstić information content (AvgIpc) is 2.95. The Bertz CT molecular complexity index is 576. The van der Waals surface area contributed by atoms with Crippen molar-refractivity contribution in [2.24, 2.45) is 5.92 Å². The molecule has 1 amide bonds. The molecule has 22 heavy (non-hydrogen) atoms. The maximum Gasteiger partial charge on any atom is 0.303 e. The van der Waals surface area contributed by atoms with Gasteiger partial charge in [-0.15, -0.1) is 0 Å². The van der Waals surface area contributed by atoms with E-state index in [0.29, 0.717) is 19.5 Å². The summed E-state index contributed by atoms with van der Waals surface area (Å²) in [4.78, 5) is 25.0. The van der Waals surface area contributed by atoms with E-state index in [1.54, 1.807) is 0 Å². The summed E-state index contributed by atoms with van der Waals surface area (Å²) in [6, 6.07) is 5.97. The van der Waals surface area contributed by atoms with Gasteiger partial charge in [-0.25, -0.2) is 0 Å². The van der Waals surface area contributed by atoms with Crippen LogP contribution < -0.4 is 4.74 Å². The van der Waals surface area contributed by atoms with Crippen molar-refractivity contribution < 1.29 is 19.4 Å². The molecule has 0 saturated carbocycles. The monoisotopic (exact) mass is 303 g/mol. The normalized spacial score (nSPS) is 17.9. The topological polar surface area (TPSA) is 66.8 Å². The van der Waals surface area contributed by atoms with E-state index in [1.165, 1.54) is 5.56 Å². The minimum absolute atomic E-state index is 0.132. The van der Waals surface area contributed by atoms with Gasteiger partial charge < -0.3 is 14.7 Å². The van der Waals surface area contributed by atoms with E-state index < -0.39 is 5.97 Å². The van der Waals surface area contributed by atoms with E-state index in [9.17, 15) is 9.59 Å². The molecule has 0 bridgehead atoms. The van der Waals surface area contributed by atoms with Crippen LogP contribution in [-0.4, -0.2) is 41.6 Å². The van der Waals surface area contributed by atoms with Gasteiger partial charge in [-0.1, -0.05) is 12.1 Å². The van der Waals surface area contributed by atoms with Gasteiger partial charge in [-0.2, -0.15) is 0 Å². The molecule has 1 fully saturated rings. The van der Waals surface area contributed by atoms with Gasteiger partial charge in [0.25, 0.3) is 0 Å². The van der Waals surface area contributed by atoms with Crippen molar-refractivity contribution in [1.29, 1.82) is 0 Å². The summed E-state index contributed by atoms with van der Waals surface area (Å²) >= 11 is 0. The van der Waals surface area contributed by atoms with E-state index in [4.69, 9.17) is 9.84 Å². The van der Waals surface area contributed by atoms with E-state index in [0.717, 1.165) is 37.2 Å². The Hall–Kier alpha value is -2.04. The molecule has 0 aromatic heterocycles. The van der Waals surface area contributed by atoms with Crippen LogP contribution in [0.25, 0.3) is 0 Å². The maximum absolute atomic E-state index is 12.4. The number of benzene rings is 1. The van der Waals surface area contributed by atoms with Crippen LogP contribution in [0.4, 0.5) is 0 Å². The highest BCUT2D eigenvalue weighted by molar-refractivity contribution is 5.79. The minimum Gasteiger partial charge on any atom is -0.493 e. The molecular formula is C17H21NO4. The lowest BCUT2D eigenvalue weighted by atomic mass is 9.93. The zero-order valence-corrected chi connectivity index (χ0v) is 12.6. The predicted molar refractivity (Wildman–Crippen MR) is 80.9 cm³/mol. The number of fused-ring (bicyclic) bond motifs is 1. The van der Waals surface area contributed by atoms with Crippen LogP contribution in [0.15, 0.2) is 18.2 Å². The van der Waals surface area contributed by atoms with Crippen molar-refractivity contribution >= 4 is 11.9 Å². The second-order valence-electron chi connectivity index (χ2n) is 6.14. The van der Waals surface area contributed by atoms with Crippen LogP contribution in [0, 0.1) is 5.92 Å². The van der Waals surface area contributed by atoms with Crippen molar-refractivity contribution in [3.8, 4) is 5.75 Å². The van der Waals surface area contributed by atoms with Crippen LogP contribution in [0.2, 0.25) is 0 Å². The van der Waals surface area contributed by atoms with Gasteiger partial charge in [0.1, 0.15) is 5.75 Å². The number of aliphatic carboxylic acids is 1. The maximum atomic E-state index is 12.4. The first-order valence-corrected chi connectivity index (χ1v) is 7.86. The van der Waals surface area contributed by atoms with Gasteiger partial charge in [-0.05, 0) is 36.0 Å². The molecule has 0 spiro atoms. The zero-order valence-electron chi connectivity index (χ0n) is 12.6. The molecule has 118 valence electrons. The number of nitrogens with zero attached hydrogens (tertiary/aromatic N) is 1. The highest BCUT2D eigenvalue weighted by atomic mass is 16.5. The number of hydrogen-bond donors (Lipinski definition) is 1. The first-order chi connectivity index (χ1) is 10.6. The fourth-order valence-corrected chi connectivity index (χ4v) is 3.27. The van der Waals surface area contributed by atoms with E-state index in [-0.39, 0.29) is 18.2 Å². The van der Waals surface area contributed by atoms with Crippen LogP contribution in [0.3, 0.4) is 0 Å². The molecule has 1 N–H and O–H groups in total. The van der Waals surface area contributed by atoms with Crippen LogP contribution in [0.5, 0.6) is 5.75 Å². The number of amides is 1. The van der Waals surface area contributed by atoms with Gasteiger partial charge >= 0.3 is 5.97 Å². The molecule has 2 aliphatic heterocycles. The highest BCUT2D eigenvalue weighted by Crippen LogP contribution is 2.26. The van der Waals surface area contributed by atoms with E-state index in [2.05, 4.69) is 6.07 Å². The number of ether oxygens (including phenoxy) is 1. The Balaban J connectivity index is 1.53. The first-order valence-electron chi connectivity index (χ1n) is 7.86. The van der Waals surface area contributed by atoms with Crippen LogP contribution >= 0.6 is 0 Å². The van der Waals surface area contributed by atoms with Gasteiger partial charge in [0.05, 0.1) is 13.0 Å². The number of carboxylic acids is 1. The largest absolute Gasteiger partial charge is 0.493 e. The van der Waals surface area contributed by atoms with Crippen LogP contribution in [-0.2, 0) is 22.4 Å². The first kappa shape index (κ1) is 14.9. The van der Waals surface area contributed by atoms with E-state index in [1.807, 2.05) is 17.0 Å². The molecule has 2 aliphatic rings. The lowest BCUT2D eigenvalue weighted by molar-refractivity contribution is -0.138. The number of carboxylic acid groups (broad SMARTS) is 1. The molecule has 5 heteroatoms. The lowest BCUT2D eigenvalue weighted by Crippen LogP contribution is -2.39. The third-order valence-electron chi connectivity index (χ3n) is 4.54. The van der Waals surface area contributed by atoms with Crippen LogP contribution in [0.1, 0.15) is 30.4 Å². The number of likely N-dealkylation sites (tertiary alicyclic amines) is 1. The minimum atomic E-state index is -0.745. The second-order valence-corrected chi connectivity index (χ2v) is 6.14. The summed E-state index contributed by atoms with van der Waals surface area (Å²) in [6.07, 6.45) is 3.12. The quantitative estimate of drug-likeness (QED) is 0.922. The SMILES string of the molecule is O=C(O)CC1CCN(C(=O)Cc2ccc3c(c2)CCO3)CC1. The molecule has 0 radical (unpaired) electrons.